The zero-order valence-corrected chi connectivity index (χ0v) is 14.6. The molecule has 2 aromatic heterocycles. The molecule has 114 valence electrons. The summed E-state index contributed by atoms with van der Waals surface area (Å²) in [6.45, 7) is 2.02. The van der Waals surface area contributed by atoms with E-state index < -0.39 is 0 Å². The Bertz CT molecular complexity index is 1010. The third-order valence-electron chi connectivity index (χ3n) is 3.72. The van der Waals surface area contributed by atoms with Crippen molar-refractivity contribution in [1.29, 1.82) is 0 Å². The molecule has 0 saturated carbocycles. The van der Waals surface area contributed by atoms with E-state index in [1.54, 1.807) is 0 Å². The van der Waals surface area contributed by atoms with Crippen LogP contribution in [0.4, 0.5) is 0 Å². The van der Waals surface area contributed by atoms with Crippen molar-refractivity contribution in [3.63, 3.8) is 0 Å². The van der Waals surface area contributed by atoms with Crippen LogP contribution in [-0.4, -0.2) is 9.55 Å². The van der Waals surface area contributed by atoms with Gasteiger partial charge in [-0.05, 0) is 55.0 Å². The standard InChI is InChI=1S/C18H12BrClN2O/c1-11-8-13(22-6-2-3-7-22)10-16-17(11)23-18(21-16)14-5-4-12(19)9-15(14)20/h2-10H,1H3. The van der Waals surface area contributed by atoms with Gasteiger partial charge < -0.3 is 8.98 Å². The van der Waals surface area contributed by atoms with Crippen LogP contribution in [0, 0.1) is 6.92 Å². The first-order valence-electron chi connectivity index (χ1n) is 7.12. The maximum atomic E-state index is 6.31. The van der Waals surface area contributed by atoms with Crippen molar-refractivity contribution in [3.05, 3.63) is 69.9 Å². The minimum atomic E-state index is 0.533. The first kappa shape index (κ1) is 14.5. The Labute approximate surface area is 146 Å². The van der Waals surface area contributed by atoms with Crippen LogP contribution in [0.3, 0.4) is 0 Å². The normalized spacial score (nSPS) is 11.3. The van der Waals surface area contributed by atoms with Gasteiger partial charge in [0.1, 0.15) is 5.52 Å². The molecular formula is C18H12BrClN2O. The molecule has 4 rings (SSSR count). The summed E-state index contributed by atoms with van der Waals surface area (Å²) in [5, 5.41) is 0.606. The third kappa shape index (κ3) is 2.58. The van der Waals surface area contributed by atoms with Crippen LogP contribution in [0.5, 0.6) is 0 Å². The van der Waals surface area contributed by atoms with Crippen molar-refractivity contribution in [2.45, 2.75) is 6.92 Å². The average Bonchev–Trinajstić information content (AvgIpc) is 3.16. The zero-order valence-electron chi connectivity index (χ0n) is 12.3. The van der Waals surface area contributed by atoms with Gasteiger partial charge in [0.25, 0.3) is 0 Å². The van der Waals surface area contributed by atoms with Crippen molar-refractivity contribution in [2.75, 3.05) is 0 Å². The molecule has 3 nitrogen and oxygen atoms in total. The molecule has 0 aliphatic heterocycles. The van der Waals surface area contributed by atoms with Crippen molar-refractivity contribution in [2.24, 2.45) is 0 Å². The molecule has 0 unspecified atom stereocenters. The molecule has 2 heterocycles. The largest absolute Gasteiger partial charge is 0.436 e. The number of aromatic nitrogens is 2. The molecule has 0 bridgehead atoms. The molecule has 4 aromatic rings. The Morgan fingerprint density at radius 2 is 1.91 bits per heavy atom. The zero-order chi connectivity index (χ0) is 16.0. The number of hydrogen-bond acceptors (Lipinski definition) is 2. The summed E-state index contributed by atoms with van der Waals surface area (Å²) in [6.07, 6.45) is 4.01. The van der Waals surface area contributed by atoms with Gasteiger partial charge in [0.2, 0.25) is 5.89 Å². The summed E-state index contributed by atoms with van der Waals surface area (Å²) < 4.78 is 8.93. The Kier molecular flexibility index (Phi) is 3.51. The van der Waals surface area contributed by atoms with Crippen molar-refractivity contribution in [1.82, 2.24) is 9.55 Å². The quantitative estimate of drug-likeness (QED) is 0.422. The fourth-order valence-corrected chi connectivity index (χ4v) is 3.37. The number of nitrogens with zero attached hydrogens (tertiary/aromatic N) is 2. The molecule has 5 heteroatoms. The van der Waals surface area contributed by atoms with Gasteiger partial charge in [-0.25, -0.2) is 4.98 Å². The second kappa shape index (κ2) is 5.55. The molecule has 2 aromatic carbocycles. The lowest BCUT2D eigenvalue weighted by atomic mass is 10.2. The highest BCUT2D eigenvalue weighted by Gasteiger charge is 2.14. The van der Waals surface area contributed by atoms with E-state index >= 15 is 0 Å². The lowest BCUT2D eigenvalue weighted by Gasteiger charge is -2.03. The Hall–Kier alpha value is -2.04. The lowest BCUT2D eigenvalue weighted by molar-refractivity contribution is 0.617. The molecule has 0 N–H and O–H groups in total. The average molecular weight is 388 g/mol. The van der Waals surface area contributed by atoms with Crippen LogP contribution >= 0.6 is 27.5 Å². The van der Waals surface area contributed by atoms with E-state index in [1.165, 1.54) is 0 Å². The number of fused-ring (bicyclic) bond motifs is 1. The second-order valence-corrected chi connectivity index (χ2v) is 6.67. The molecule has 0 spiro atoms. The molecule has 0 radical (unpaired) electrons. The Morgan fingerprint density at radius 3 is 2.65 bits per heavy atom. The Morgan fingerprint density at radius 1 is 1.13 bits per heavy atom. The predicted octanol–water partition coefficient (Wildman–Crippen LogP) is 6.01. The van der Waals surface area contributed by atoms with Crippen LogP contribution in [0.25, 0.3) is 28.2 Å². The molecule has 23 heavy (non-hydrogen) atoms. The lowest BCUT2D eigenvalue weighted by Crippen LogP contribution is -1.90. The van der Waals surface area contributed by atoms with Crippen LogP contribution in [0.15, 0.2) is 63.7 Å². The first-order chi connectivity index (χ1) is 11.1. The van der Waals surface area contributed by atoms with Gasteiger partial charge in [-0.1, -0.05) is 27.5 Å². The Balaban J connectivity index is 1.89. The van der Waals surface area contributed by atoms with Crippen molar-refractivity contribution in [3.8, 4) is 17.1 Å². The van der Waals surface area contributed by atoms with Crippen LogP contribution < -0.4 is 0 Å². The smallest absolute Gasteiger partial charge is 0.228 e. The van der Waals surface area contributed by atoms with Gasteiger partial charge >= 0.3 is 0 Å². The van der Waals surface area contributed by atoms with E-state index in [0.29, 0.717) is 10.9 Å². The van der Waals surface area contributed by atoms with E-state index in [1.807, 2.05) is 60.3 Å². The van der Waals surface area contributed by atoms with Gasteiger partial charge in [-0.2, -0.15) is 0 Å². The molecule has 0 fully saturated rings. The molecule has 0 saturated heterocycles. The molecule has 0 amide bonds. The monoisotopic (exact) mass is 386 g/mol. The van der Waals surface area contributed by atoms with Gasteiger partial charge in [-0.3, -0.25) is 0 Å². The summed E-state index contributed by atoms with van der Waals surface area (Å²) in [4.78, 5) is 4.63. The number of benzene rings is 2. The van der Waals surface area contributed by atoms with E-state index in [-0.39, 0.29) is 0 Å². The van der Waals surface area contributed by atoms with Gasteiger partial charge in [0.15, 0.2) is 5.58 Å². The highest BCUT2D eigenvalue weighted by Crippen LogP contribution is 2.33. The summed E-state index contributed by atoms with van der Waals surface area (Å²) in [5.41, 5.74) is 4.49. The predicted molar refractivity (Wildman–Crippen MR) is 96.2 cm³/mol. The van der Waals surface area contributed by atoms with Gasteiger partial charge in [-0.15, -0.1) is 0 Å². The van der Waals surface area contributed by atoms with E-state index in [4.69, 9.17) is 16.0 Å². The van der Waals surface area contributed by atoms with E-state index in [9.17, 15) is 0 Å². The minimum Gasteiger partial charge on any atom is -0.436 e. The molecular weight excluding hydrogens is 376 g/mol. The summed E-state index contributed by atoms with van der Waals surface area (Å²) in [7, 11) is 0. The van der Waals surface area contributed by atoms with Crippen LogP contribution in [0.2, 0.25) is 5.02 Å². The fourth-order valence-electron chi connectivity index (χ4n) is 2.62. The maximum absolute atomic E-state index is 6.31. The fraction of sp³-hybridized carbons (Fsp3) is 0.0556. The molecule has 0 aliphatic rings. The van der Waals surface area contributed by atoms with Gasteiger partial charge in [0, 0.05) is 22.6 Å². The maximum Gasteiger partial charge on any atom is 0.228 e. The number of aryl methyl sites for hydroxylation is 1. The summed E-state index contributed by atoms with van der Waals surface area (Å²) >= 11 is 9.72. The number of hydrogen-bond donors (Lipinski definition) is 0. The highest BCUT2D eigenvalue weighted by atomic mass is 79.9. The summed E-state index contributed by atoms with van der Waals surface area (Å²) in [6, 6.07) is 13.8. The third-order valence-corrected chi connectivity index (χ3v) is 4.53. The van der Waals surface area contributed by atoms with Crippen LogP contribution in [0.1, 0.15) is 5.56 Å². The molecule has 0 aliphatic carbocycles. The minimum absolute atomic E-state index is 0.533. The van der Waals surface area contributed by atoms with Gasteiger partial charge in [0.05, 0.1) is 10.6 Å². The van der Waals surface area contributed by atoms with E-state index in [0.717, 1.165) is 32.4 Å². The summed E-state index contributed by atoms with van der Waals surface area (Å²) in [5.74, 6) is 0.533. The highest BCUT2D eigenvalue weighted by molar-refractivity contribution is 9.10. The van der Waals surface area contributed by atoms with E-state index in [2.05, 4.69) is 27.0 Å². The topological polar surface area (TPSA) is 31.0 Å². The SMILES string of the molecule is Cc1cc(-n2cccc2)cc2nc(-c3ccc(Br)cc3Cl)oc12. The number of rotatable bonds is 2. The second-order valence-electron chi connectivity index (χ2n) is 5.34. The number of halogens is 2. The van der Waals surface area contributed by atoms with Crippen molar-refractivity contribution >= 4 is 38.6 Å². The van der Waals surface area contributed by atoms with Crippen molar-refractivity contribution < 1.29 is 4.42 Å². The number of oxazole rings is 1. The first-order valence-corrected chi connectivity index (χ1v) is 8.29. The molecule has 0 atom stereocenters. The van der Waals surface area contributed by atoms with Crippen LogP contribution in [-0.2, 0) is 0 Å².